The molecule has 0 N–H and O–H groups in total. The zero-order valence-corrected chi connectivity index (χ0v) is 12.9. The Kier molecular flexibility index (Phi) is 4.68. The number of hydrogen-bond donors (Lipinski definition) is 0. The predicted octanol–water partition coefficient (Wildman–Crippen LogP) is 4.21. The van der Waals surface area contributed by atoms with Crippen LogP contribution in [0, 0.1) is 5.41 Å². The second kappa shape index (κ2) is 5.50. The maximum absolute atomic E-state index is 12.2. The van der Waals surface area contributed by atoms with Crippen LogP contribution in [0.25, 0.3) is 0 Å². The van der Waals surface area contributed by atoms with Gasteiger partial charge in [-0.05, 0) is 51.9 Å². The van der Waals surface area contributed by atoms with E-state index in [4.69, 9.17) is 4.74 Å². The lowest BCUT2D eigenvalue weighted by Gasteiger charge is -2.39. The molecule has 0 aromatic rings. The number of carbonyl (C=O) groups excluding carboxylic acids is 1. The van der Waals surface area contributed by atoms with E-state index in [2.05, 4.69) is 20.8 Å². The molecule has 1 amide bonds. The third-order valence-electron chi connectivity index (χ3n) is 3.10. The van der Waals surface area contributed by atoms with Crippen molar-refractivity contribution in [3.63, 3.8) is 0 Å². The Bertz CT molecular complexity index is 286. The Morgan fingerprint density at radius 1 is 1.17 bits per heavy atom. The van der Waals surface area contributed by atoms with Gasteiger partial charge in [0.1, 0.15) is 5.60 Å². The van der Waals surface area contributed by atoms with Gasteiger partial charge < -0.3 is 9.64 Å². The van der Waals surface area contributed by atoms with Gasteiger partial charge in [-0.15, -0.1) is 0 Å². The van der Waals surface area contributed by atoms with Crippen molar-refractivity contribution in [1.82, 2.24) is 4.90 Å². The van der Waals surface area contributed by atoms with Crippen molar-refractivity contribution in [2.24, 2.45) is 5.41 Å². The average molecular weight is 255 g/mol. The van der Waals surface area contributed by atoms with Gasteiger partial charge in [0.15, 0.2) is 0 Å². The number of amides is 1. The molecule has 1 aliphatic heterocycles. The third kappa shape index (κ3) is 5.28. The largest absolute Gasteiger partial charge is 0.444 e. The number of rotatable bonds is 1. The molecule has 1 heterocycles. The molecule has 0 radical (unpaired) electrons. The van der Waals surface area contributed by atoms with Crippen molar-refractivity contribution in [2.75, 3.05) is 6.54 Å². The van der Waals surface area contributed by atoms with Gasteiger partial charge in [0, 0.05) is 12.6 Å². The SMILES string of the molecule is CC(C)(C)C[C@@H]1CCCCN1C(=O)OC(C)(C)C. The van der Waals surface area contributed by atoms with Crippen LogP contribution in [0.2, 0.25) is 0 Å². The van der Waals surface area contributed by atoms with Crippen molar-refractivity contribution >= 4 is 6.09 Å². The molecular formula is C15H29NO2. The summed E-state index contributed by atoms with van der Waals surface area (Å²) in [6.45, 7) is 13.3. The Morgan fingerprint density at radius 3 is 2.28 bits per heavy atom. The van der Waals surface area contributed by atoms with E-state index in [0.717, 1.165) is 25.8 Å². The van der Waals surface area contributed by atoms with E-state index < -0.39 is 5.60 Å². The van der Waals surface area contributed by atoms with Crippen LogP contribution in [0.15, 0.2) is 0 Å². The number of piperidine rings is 1. The summed E-state index contributed by atoms with van der Waals surface area (Å²) in [5.74, 6) is 0. The van der Waals surface area contributed by atoms with Crippen LogP contribution in [0.5, 0.6) is 0 Å². The zero-order chi connectivity index (χ0) is 14.0. The van der Waals surface area contributed by atoms with Crippen LogP contribution < -0.4 is 0 Å². The van der Waals surface area contributed by atoms with Crippen molar-refractivity contribution in [3.05, 3.63) is 0 Å². The monoisotopic (exact) mass is 255 g/mol. The van der Waals surface area contributed by atoms with E-state index in [0.29, 0.717) is 6.04 Å². The maximum atomic E-state index is 12.2. The summed E-state index contributed by atoms with van der Waals surface area (Å²) in [7, 11) is 0. The summed E-state index contributed by atoms with van der Waals surface area (Å²) >= 11 is 0. The summed E-state index contributed by atoms with van der Waals surface area (Å²) in [6.07, 6.45) is 4.33. The summed E-state index contributed by atoms with van der Waals surface area (Å²) in [5.41, 5.74) is -0.150. The first-order chi connectivity index (χ1) is 8.08. The molecule has 0 bridgehead atoms. The summed E-state index contributed by atoms with van der Waals surface area (Å²) in [5, 5.41) is 0. The van der Waals surface area contributed by atoms with Gasteiger partial charge in [-0.2, -0.15) is 0 Å². The highest BCUT2D eigenvalue weighted by molar-refractivity contribution is 5.68. The molecule has 1 fully saturated rings. The first-order valence-electron chi connectivity index (χ1n) is 7.08. The second-order valence-electron chi connectivity index (χ2n) is 7.59. The van der Waals surface area contributed by atoms with Crippen LogP contribution in [-0.2, 0) is 4.74 Å². The molecule has 3 heteroatoms. The molecule has 1 atom stereocenters. The number of likely N-dealkylation sites (tertiary alicyclic amines) is 1. The molecular weight excluding hydrogens is 226 g/mol. The van der Waals surface area contributed by atoms with E-state index in [9.17, 15) is 4.79 Å². The highest BCUT2D eigenvalue weighted by Gasteiger charge is 2.32. The molecule has 0 aliphatic carbocycles. The molecule has 0 aromatic heterocycles. The van der Waals surface area contributed by atoms with Crippen LogP contribution in [0.4, 0.5) is 4.79 Å². The van der Waals surface area contributed by atoms with E-state index in [-0.39, 0.29) is 11.5 Å². The highest BCUT2D eigenvalue weighted by atomic mass is 16.6. The molecule has 0 saturated carbocycles. The maximum Gasteiger partial charge on any atom is 0.410 e. The van der Waals surface area contributed by atoms with Crippen LogP contribution in [0.3, 0.4) is 0 Å². The molecule has 18 heavy (non-hydrogen) atoms. The molecule has 3 nitrogen and oxygen atoms in total. The van der Waals surface area contributed by atoms with E-state index in [1.54, 1.807) is 0 Å². The number of nitrogens with zero attached hydrogens (tertiary/aromatic N) is 1. The topological polar surface area (TPSA) is 29.5 Å². The lowest BCUT2D eigenvalue weighted by atomic mass is 9.84. The van der Waals surface area contributed by atoms with Crippen molar-refractivity contribution in [3.8, 4) is 0 Å². The zero-order valence-electron chi connectivity index (χ0n) is 12.9. The van der Waals surface area contributed by atoms with Gasteiger partial charge in [-0.25, -0.2) is 4.79 Å². The number of hydrogen-bond acceptors (Lipinski definition) is 2. The van der Waals surface area contributed by atoms with E-state index >= 15 is 0 Å². The van der Waals surface area contributed by atoms with Crippen molar-refractivity contribution < 1.29 is 9.53 Å². The minimum absolute atomic E-state index is 0.142. The predicted molar refractivity (Wildman–Crippen MR) is 74.7 cm³/mol. The van der Waals surface area contributed by atoms with Crippen molar-refractivity contribution in [2.45, 2.75) is 78.9 Å². The molecule has 1 saturated heterocycles. The fraction of sp³-hybridized carbons (Fsp3) is 0.933. The number of ether oxygens (including phenoxy) is 1. The highest BCUT2D eigenvalue weighted by Crippen LogP contribution is 2.30. The minimum atomic E-state index is -0.402. The molecule has 0 aromatic carbocycles. The molecule has 0 unspecified atom stereocenters. The first kappa shape index (κ1) is 15.3. The standard InChI is InChI=1S/C15H29NO2/c1-14(2,3)11-12-9-7-8-10-16(12)13(17)18-15(4,5)6/h12H,7-11H2,1-6H3/t12-/m0/s1. The minimum Gasteiger partial charge on any atom is -0.444 e. The van der Waals surface area contributed by atoms with Crippen LogP contribution in [-0.4, -0.2) is 29.2 Å². The summed E-state index contributed by atoms with van der Waals surface area (Å²) in [6, 6.07) is 0.341. The van der Waals surface area contributed by atoms with Gasteiger partial charge in [0.2, 0.25) is 0 Å². The molecule has 1 rings (SSSR count). The summed E-state index contributed by atoms with van der Waals surface area (Å²) < 4.78 is 5.51. The Labute approximate surface area is 112 Å². The number of carbonyl (C=O) groups is 1. The van der Waals surface area contributed by atoms with E-state index in [1.807, 2.05) is 25.7 Å². The molecule has 0 spiro atoms. The molecule has 1 aliphatic rings. The Hall–Kier alpha value is -0.730. The van der Waals surface area contributed by atoms with Crippen LogP contribution in [0.1, 0.15) is 67.2 Å². The average Bonchev–Trinajstić information content (AvgIpc) is 2.12. The first-order valence-corrected chi connectivity index (χ1v) is 7.08. The molecule has 106 valence electrons. The summed E-state index contributed by atoms with van der Waals surface area (Å²) in [4.78, 5) is 14.2. The Balaban J connectivity index is 2.67. The van der Waals surface area contributed by atoms with Gasteiger partial charge in [0.25, 0.3) is 0 Å². The van der Waals surface area contributed by atoms with Crippen LogP contribution >= 0.6 is 0 Å². The Morgan fingerprint density at radius 2 is 1.78 bits per heavy atom. The van der Waals surface area contributed by atoms with Gasteiger partial charge in [-0.3, -0.25) is 0 Å². The fourth-order valence-electron chi connectivity index (χ4n) is 2.48. The smallest absolute Gasteiger partial charge is 0.410 e. The van der Waals surface area contributed by atoms with Gasteiger partial charge >= 0.3 is 6.09 Å². The van der Waals surface area contributed by atoms with Crippen molar-refractivity contribution in [1.29, 1.82) is 0 Å². The van der Waals surface area contributed by atoms with Gasteiger partial charge in [0.05, 0.1) is 0 Å². The lowest BCUT2D eigenvalue weighted by Crippen LogP contribution is -2.47. The normalized spacial score (nSPS) is 21.9. The third-order valence-corrected chi connectivity index (χ3v) is 3.10. The van der Waals surface area contributed by atoms with Gasteiger partial charge in [-0.1, -0.05) is 20.8 Å². The lowest BCUT2D eigenvalue weighted by molar-refractivity contribution is 0.00495. The van der Waals surface area contributed by atoms with E-state index in [1.165, 1.54) is 6.42 Å². The quantitative estimate of drug-likeness (QED) is 0.702. The second-order valence-corrected chi connectivity index (χ2v) is 7.59. The fourth-order valence-corrected chi connectivity index (χ4v) is 2.48.